The molecule has 0 atom stereocenters. The molecular formula is C21H17F3N2O3. The van der Waals surface area contributed by atoms with Gasteiger partial charge >= 0.3 is 6.18 Å². The van der Waals surface area contributed by atoms with Gasteiger partial charge in [0, 0.05) is 11.9 Å². The number of carbonyl (C=O) groups excluding carboxylic acids is 1. The second kappa shape index (κ2) is 8.64. The van der Waals surface area contributed by atoms with E-state index in [0.717, 1.165) is 22.4 Å². The molecule has 1 amide bonds. The zero-order valence-corrected chi connectivity index (χ0v) is 15.1. The number of halogens is 3. The van der Waals surface area contributed by atoms with Crippen LogP contribution in [0.1, 0.15) is 11.1 Å². The van der Waals surface area contributed by atoms with Crippen molar-refractivity contribution in [3.05, 3.63) is 94.4 Å². The fraction of sp³-hybridized carbons (Fsp3) is 0.143. The lowest BCUT2D eigenvalue weighted by molar-refractivity contribution is -0.139. The number of hydrogen-bond donors (Lipinski definition) is 1. The van der Waals surface area contributed by atoms with Crippen molar-refractivity contribution in [2.75, 3.05) is 5.32 Å². The normalized spacial score (nSPS) is 11.1. The number of aromatic nitrogens is 1. The van der Waals surface area contributed by atoms with Gasteiger partial charge in [-0.1, -0.05) is 30.3 Å². The summed E-state index contributed by atoms with van der Waals surface area (Å²) in [4.78, 5) is 24.0. The van der Waals surface area contributed by atoms with Crippen LogP contribution in [0.25, 0.3) is 0 Å². The predicted molar refractivity (Wildman–Crippen MR) is 102 cm³/mol. The third-order valence-corrected chi connectivity index (χ3v) is 4.03. The van der Waals surface area contributed by atoms with Crippen LogP contribution in [0.2, 0.25) is 0 Å². The molecule has 3 rings (SSSR count). The molecule has 1 heterocycles. The maximum atomic E-state index is 12.8. The molecule has 1 aromatic heterocycles. The van der Waals surface area contributed by atoms with Crippen molar-refractivity contribution in [3.8, 4) is 5.75 Å². The van der Waals surface area contributed by atoms with Crippen LogP contribution in [0.3, 0.4) is 0 Å². The van der Waals surface area contributed by atoms with E-state index >= 15 is 0 Å². The summed E-state index contributed by atoms with van der Waals surface area (Å²) in [5.41, 5.74) is -1.13. The van der Waals surface area contributed by atoms with Crippen LogP contribution < -0.4 is 15.6 Å². The van der Waals surface area contributed by atoms with E-state index in [1.807, 2.05) is 30.3 Å². The Balaban J connectivity index is 1.59. The summed E-state index contributed by atoms with van der Waals surface area (Å²) in [5, 5.41) is 2.54. The zero-order chi connectivity index (χ0) is 20.9. The summed E-state index contributed by atoms with van der Waals surface area (Å²) in [6, 6.07) is 17.9. The first-order chi connectivity index (χ1) is 13.8. The average Bonchev–Trinajstić information content (AvgIpc) is 2.69. The van der Waals surface area contributed by atoms with E-state index < -0.39 is 29.8 Å². The van der Waals surface area contributed by atoms with Crippen LogP contribution in [0.5, 0.6) is 5.75 Å². The highest BCUT2D eigenvalue weighted by molar-refractivity contribution is 5.90. The molecule has 0 unspecified atom stereocenters. The number of nitrogens with zero attached hydrogens (tertiary/aromatic N) is 1. The van der Waals surface area contributed by atoms with Crippen LogP contribution >= 0.6 is 0 Å². The highest BCUT2D eigenvalue weighted by atomic mass is 19.4. The van der Waals surface area contributed by atoms with E-state index in [2.05, 4.69) is 5.32 Å². The number of amides is 1. The minimum absolute atomic E-state index is 0.394. The number of rotatable bonds is 6. The molecule has 0 saturated carbocycles. The number of benzene rings is 2. The minimum atomic E-state index is -4.77. The van der Waals surface area contributed by atoms with Crippen molar-refractivity contribution in [2.24, 2.45) is 0 Å². The van der Waals surface area contributed by atoms with Crippen LogP contribution in [0, 0.1) is 0 Å². The lowest BCUT2D eigenvalue weighted by Gasteiger charge is -2.11. The number of nitrogens with one attached hydrogen (secondary N) is 1. The molecule has 29 heavy (non-hydrogen) atoms. The Morgan fingerprint density at radius 1 is 0.966 bits per heavy atom. The van der Waals surface area contributed by atoms with Gasteiger partial charge in [-0.25, -0.2) is 0 Å². The zero-order valence-electron chi connectivity index (χ0n) is 15.1. The predicted octanol–water partition coefficient (Wildman–Crippen LogP) is 4.08. The van der Waals surface area contributed by atoms with Gasteiger partial charge in [0.2, 0.25) is 5.91 Å². The Labute approximate surface area is 164 Å². The number of hydrogen-bond acceptors (Lipinski definition) is 3. The molecule has 5 nitrogen and oxygen atoms in total. The molecule has 0 aliphatic rings. The number of anilines is 1. The van der Waals surface area contributed by atoms with E-state index in [1.54, 1.807) is 24.3 Å². The lowest BCUT2D eigenvalue weighted by atomic mass is 10.2. The van der Waals surface area contributed by atoms with Gasteiger partial charge in [0.15, 0.2) is 0 Å². The standard InChI is InChI=1S/C21H17F3N2O3/c22-21(23,24)18-7-4-12-26(20(18)28)13-19(27)25-16-8-10-17(11-9-16)29-14-15-5-2-1-3-6-15/h1-12H,13-14H2,(H,25,27). The quantitative estimate of drug-likeness (QED) is 0.676. The lowest BCUT2D eigenvalue weighted by Crippen LogP contribution is -2.31. The van der Waals surface area contributed by atoms with Crippen molar-refractivity contribution in [1.29, 1.82) is 0 Å². The van der Waals surface area contributed by atoms with Gasteiger partial charge in [0.1, 0.15) is 24.5 Å². The van der Waals surface area contributed by atoms with Crippen molar-refractivity contribution in [3.63, 3.8) is 0 Å². The van der Waals surface area contributed by atoms with Gasteiger partial charge in [-0.3, -0.25) is 9.59 Å². The highest BCUT2D eigenvalue weighted by Gasteiger charge is 2.34. The van der Waals surface area contributed by atoms with Gasteiger partial charge in [0.05, 0.1) is 0 Å². The average molecular weight is 402 g/mol. The molecule has 1 N–H and O–H groups in total. The monoisotopic (exact) mass is 402 g/mol. The minimum Gasteiger partial charge on any atom is -0.489 e. The van der Waals surface area contributed by atoms with Crippen molar-refractivity contribution in [2.45, 2.75) is 19.3 Å². The first kappa shape index (κ1) is 20.2. The maximum Gasteiger partial charge on any atom is 0.421 e. The van der Waals surface area contributed by atoms with Gasteiger partial charge in [-0.2, -0.15) is 13.2 Å². The second-order valence-corrected chi connectivity index (χ2v) is 6.20. The molecule has 0 aliphatic carbocycles. The number of carbonyl (C=O) groups is 1. The first-order valence-corrected chi connectivity index (χ1v) is 8.66. The van der Waals surface area contributed by atoms with Gasteiger partial charge in [-0.15, -0.1) is 0 Å². The molecule has 150 valence electrons. The third kappa shape index (κ3) is 5.47. The fourth-order valence-corrected chi connectivity index (χ4v) is 2.61. The summed E-state index contributed by atoms with van der Waals surface area (Å²) in [7, 11) is 0. The molecule has 0 radical (unpaired) electrons. The molecule has 3 aromatic rings. The Morgan fingerprint density at radius 2 is 1.66 bits per heavy atom. The SMILES string of the molecule is O=C(Cn1cccc(C(F)(F)F)c1=O)Nc1ccc(OCc2ccccc2)cc1. The molecule has 0 fully saturated rings. The third-order valence-electron chi connectivity index (χ3n) is 4.03. The second-order valence-electron chi connectivity index (χ2n) is 6.20. The largest absolute Gasteiger partial charge is 0.489 e. The van der Waals surface area contributed by atoms with E-state index in [9.17, 15) is 22.8 Å². The molecular weight excluding hydrogens is 385 g/mol. The molecule has 0 saturated heterocycles. The highest BCUT2D eigenvalue weighted by Crippen LogP contribution is 2.26. The molecule has 0 aliphatic heterocycles. The van der Waals surface area contributed by atoms with E-state index in [1.165, 1.54) is 0 Å². The number of pyridine rings is 1. The topological polar surface area (TPSA) is 60.3 Å². The summed E-state index contributed by atoms with van der Waals surface area (Å²) >= 11 is 0. The number of alkyl halides is 3. The van der Waals surface area contributed by atoms with E-state index in [-0.39, 0.29) is 0 Å². The van der Waals surface area contributed by atoms with Crippen molar-refractivity contribution in [1.82, 2.24) is 4.57 Å². The fourth-order valence-electron chi connectivity index (χ4n) is 2.61. The Bertz CT molecular complexity index is 1030. The number of ether oxygens (including phenoxy) is 1. The molecule has 2 aromatic carbocycles. The van der Waals surface area contributed by atoms with Gasteiger partial charge in [-0.05, 0) is 42.0 Å². The first-order valence-electron chi connectivity index (χ1n) is 8.66. The van der Waals surface area contributed by atoms with Crippen LogP contribution in [0.15, 0.2) is 77.7 Å². The summed E-state index contributed by atoms with van der Waals surface area (Å²) in [6.07, 6.45) is -3.64. The summed E-state index contributed by atoms with van der Waals surface area (Å²) < 4.78 is 44.8. The Morgan fingerprint density at radius 3 is 2.31 bits per heavy atom. The molecule has 8 heteroatoms. The summed E-state index contributed by atoms with van der Waals surface area (Å²) in [5.74, 6) is -0.0228. The van der Waals surface area contributed by atoms with Crippen LogP contribution in [0.4, 0.5) is 18.9 Å². The summed E-state index contributed by atoms with van der Waals surface area (Å²) in [6.45, 7) is -0.139. The smallest absolute Gasteiger partial charge is 0.421 e. The van der Waals surface area contributed by atoms with Crippen LogP contribution in [-0.4, -0.2) is 10.5 Å². The van der Waals surface area contributed by atoms with Gasteiger partial charge in [0.25, 0.3) is 5.56 Å². The van der Waals surface area contributed by atoms with Crippen molar-refractivity contribution >= 4 is 11.6 Å². The molecule has 0 bridgehead atoms. The Hall–Kier alpha value is -3.55. The molecule has 0 spiro atoms. The van der Waals surface area contributed by atoms with Crippen LogP contribution in [-0.2, 0) is 24.1 Å². The van der Waals surface area contributed by atoms with E-state index in [0.29, 0.717) is 24.1 Å². The van der Waals surface area contributed by atoms with Gasteiger partial charge < -0.3 is 14.6 Å². The van der Waals surface area contributed by atoms with Crippen molar-refractivity contribution < 1.29 is 22.7 Å². The Kier molecular flexibility index (Phi) is 6.01. The van der Waals surface area contributed by atoms with E-state index in [4.69, 9.17) is 4.74 Å². The maximum absolute atomic E-state index is 12.8.